The minimum atomic E-state index is -1.28. The van der Waals surface area contributed by atoms with Crippen LogP contribution in [0.5, 0.6) is 0 Å². The first-order valence-electron chi connectivity index (χ1n) is 6.31. The van der Waals surface area contributed by atoms with Crippen LogP contribution in [0.15, 0.2) is 18.2 Å². The van der Waals surface area contributed by atoms with Gasteiger partial charge in [-0.25, -0.2) is 4.79 Å². The number of aromatic carboxylic acids is 1. The summed E-state index contributed by atoms with van der Waals surface area (Å²) in [6, 6.07) is 3.19. The SMILES string of the molecule is O=C(O)c1ccc([N+](=O)[O-])cc1C(=O)NC1CCCC1. The Hall–Kier alpha value is -2.44. The summed E-state index contributed by atoms with van der Waals surface area (Å²) in [7, 11) is 0. The number of carbonyl (C=O) groups excluding carboxylic acids is 1. The van der Waals surface area contributed by atoms with Gasteiger partial charge in [-0.15, -0.1) is 0 Å². The molecule has 20 heavy (non-hydrogen) atoms. The molecule has 1 aromatic carbocycles. The molecule has 7 nitrogen and oxygen atoms in total. The topological polar surface area (TPSA) is 110 Å². The van der Waals surface area contributed by atoms with Gasteiger partial charge in [-0.3, -0.25) is 14.9 Å². The Balaban J connectivity index is 2.30. The molecule has 1 aliphatic rings. The molecule has 0 saturated heterocycles. The average Bonchev–Trinajstić information content (AvgIpc) is 2.90. The number of hydrogen-bond acceptors (Lipinski definition) is 4. The zero-order valence-electron chi connectivity index (χ0n) is 10.7. The normalized spacial score (nSPS) is 15.0. The van der Waals surface area contributed by atoms with E-state index in [0.717, 1.165) is 43.9 Å². The molecule has 2 N–H and O–H groups in total. The lowest BCUT2D eigenvalue weighted by Gasteiger charge is -2.13. The van der Waals surface area contributed by atoms with E-state index in [4.69, 9.17) is 5.11 Å². The van der Waals surface area contributed by atoms with Crippen molar-refractivity contribution in [2.45, 2.75) is 31.7 Å². The molecule has 0 spiro atoms. The van der Waals surface area contributed by atoms with Gasteiger partial charge in [0.15, 0.2) is 0 Å². The molecule has 106 valence electrons. The first kappa shape index (κ1) is 14.0. The summed E-state index contributed by atoms with van der Waals surface area (Å²) < 4.78 is 0. The predicted octanol–water partition coefficient (Wildman–Crippen LogP) is 1.97. The maximum atomic E-state index is 12.1. The lowest BCUT2D eigenvalue weighted by molar-refractivity contribution is -0.384. The quantitative estimate of drug-likeness (QED) is 0.646. The number of rotatable bonds is 4. The predicted molar refractivity (Wildman–Crippen MR) is 69.8 cm³/mol. The summed E-state index contributed by atoms with van der Waals surface area (Å²) in [4.78, 5) is 33.3. The van der Waals surface area contributed by atoms with E-state index in [1.807, 2.05) is 0 Å². The van der Waals surface area contributed by atoms with Crippen LogP contribution in [0.1, 0.15) is 46.4 Å². The molecular weight excluding hydrogens is 264 g/mol. The lowest BCUT2D eigenvalue weighted by Crippen LogP contribution is -2.33. The van der Waals surface area contributed by atoms with E-state index < -0.39 is 16.8 Å². The van der Waals surface area contributed by atoms with Crippen LogP contribution < -0.4 is 5.32 Å². The first-order chi connectivity index (χ1) is 9.49. The second kappa shape index (κ2) is 5.68. The molecule has 0 radical (unpaired) electrons. The van der Waals surface area contributed by atoms with Crippen molar-refractivity contribution < 1.29 is 19.6 Å². The highest BCUT2D eigenvalue weighted by molar-refractivity contribution is 6.05. The van der Waals surface area contributed by atoms with Gasteiger partial charge in [0.2, 0.25) is 0 Å². The van der Waals surface area contributed by atoms with Crippen molar-refractivity contribution in [3.05, 3.63) is 39.4 Å². The fourth-order valence-corrected chi connectivity index (χ4v) is 2.35. The second-order valence-electron chi connectivity index (χ2n) is 4.75. The van der Waals surface area contributed by atoms with Gasteiger partial charge in [-0.1, -0.05) is 12.8 Å². The van der Waals surface area contributed by atoms with Gasteiger partial charge in [-0.2, -0.15) is 0 Å². The van der Waals surface area contributed by atoms with Gasteiger partial charge in [-0.05, 0) is 18.9 Å². The molecule has 2 rings (SSSR count). The number of carboxylic acid groups (broad SMARTS) is 1. The highest BCUT2D eigenvalue weighted by atomic mass is 16.6. The molecular formula is C13H14N2O5. The maximum Gasteiger partial charge on any atom is 0.336 e. The second-order valence-corrected chi connectivity index (χ2v) is 4.75. The summed E-state index contributed by atoms with van der Waals surface area (Å²) in [5.74, 6) is -1.85. The third-order valence-electron chi connectivity index (χ3n) is 3.38. The van der Waals surface area contributed by atoms with Crippen LogP contribution in [-0.4, -0.2) is 27.9 Å². The van der Waals surface area contributed by atoms with Crippen LogP contribution in [0.4, 0.5) is 5.69 Å². The van der Waals surface area contributed by atoms with Gasteiger partial charge >= 0.3 is 5.97 Å². The number of non-ortho nitro benzene ring substituents is 1. The van der Waals surface area contributed by atoms with Crippen molar-refractivity contribution in [1.82, 2.24) is 5.32 Å². The molecule has 1 fully saturated rings. The molecule has 7 heteroatoms. The Kier molecular flexibility index (Phi) is 3.97. The zero-order chi connectivity index (χ0) is 14.7. The molecule has 0 heterocycles. The van der Waals surface area contributed by atoms with Gasteiger partial charge in [0.1, 0.15) is 0 Å². The van der Waals surface area contributed by atoms with Crippen molar-refractivity contribution in [1.29, 1.82) is 0 Å². The van der Waals surface area contributed by atoms with Crippen LogP contribution in [0.2, 0.25) is 0 Å². The summed E-state index contributed by atoms with van der Waals surface area (Å²) in [5, 5.41) is 22.5. The van der Waals surface area contributed by atoms with Crippen molar-refractivity contribution in [3.63, 3.8) is 0 Å². The molecule has 0 bridgehead atoms. The highest BCUT2D eigenvalue weighted by Crippen LogP contribution is 2.21. The summed E-state index contributed by atoms with van der Waals surface area (Å²) in [6.45, 7) is 0. The van der Waals surface area contributed by atoms with Crippen LogP contribution in [-0.2, 0) is 0 Å². The van der Waals surface area contributed by atoms with Crippen LogP contribution in [0.25, 0.3) is 0 Å². The fraction of sp³-hybridized carbons (Fsp3) is 0.385. The molecule has 1 aromatic rings. The third-order valence-corrected chi connectivity index (χ3v) is 3.38. The minimum absolute atomic E-state index is 0.0170. The Morgan fingerprint density at radius 2 is 1.90 bits per heavy atom. The van der Waals surface area contributed by atoms with E-state index in [-0.39, 0.29) is 22.9 Å². The Morgan fingerprint density at radius 3 is 2.45 bits per heavy atom. The smallest absolute Gasteiger partial charge is 0.336 e. The Labute approximate surface area is 114 Å². The number of carboxylic acids is 1. The molecule has 1 saturated carbocycles. The van der Waals surface area contributed by atoms with E-state index in [1.165, 1.54) is 0 Å². The standard InChI is InChI=1S/C13H14N2O5/c16-12(14-8-3-1-2-4-8)11-7-9(15(19)20)5-6-10(11)13(17)18/h5-8H,1-4H2,(H,14,16)(H,17,18). The van der Waals surface area contributed by atoms with Crippen molar-refractivity contribution in [3.8, 4) is 0 Å². The Bertz CT molecular complexity index is 564. The zero-order valence-corrected chi connectivity index (χ0v) is 10.7. The van der Waals surface area contributed by atoms with E-state index in [9.17, 15) is 19.7 Å². The van der Waals surface area contributed by atoms with Gasteiger partial charge in [0, 0.05) is 18.2 Å². The van der Waals surface area contributed by atoms with Crippen molar-refractivity contribution in [2.75, 3.05) is 0 Å². The molecule has 1 aliphatic carbocycles. The number of hydrogen-bond donors (Lipinski definition) is 2. The summed E-state index contributed by atoms with van der Waals surface area (Å²) in [5.41, 5.74) is -0.698. The van der Waals surface area contributed by atoms with Crippen LogP contribution in [0, 0.1) is 10.1 Å². The van der Waals surface area contributed by atoms with Gasteiger partial charge in [0.25, 0.3) is 11.6 Å². The van der Waals surface area contributed by atoms with Crippen LogP contribution >= 0.6 is 0 Å². The Morgan fingerprint density at radius 1 is 1.25 bits per heavy atom. The molecule has 0 unspecified atom stereocenters. The van der Waals surface area contributed by atoms with E-state index in [0.29, 0.717) is 0 Å². The number of nitrogens with one attached hydrogen (secondary N) is 1. The number of amides is 1. The maximum absolute atomic E-state index is 12.1. The van der Waals surface area contributed by atoms with E-state index in [2.05, 4.69) is 5.32 Å². The lowest BCUT2D eigenvalue weighted by atomic mass is 10.1. The van der Waals surface area contributed by atoms with Crippen LogP contribution in [0.3, 0.4) is 0 Å². The highest BCUT2D eigenvalue weighted by Gasteiger charge is 2.23. The van der Waals surface area contributed by atoms with Gasteiger partial charge in [0.05, 0.1) is 16.1 Å². The number of carbonyl (C=O) groups is 2. The third kappa shape index (κ3) is 2.93. The van der Waals surface area contributed by atoms with Gasteiger partial charge < -0.3 is 10.4 Å². The monoisotopic (exact) mass is 278 g/mol. The summed E-state index contributed by atoms with van der Waals surface area (Å²) >= 11 is 0. The number of nitro groups is 1. The minimum Gasteiger partial charge on any atom is -0.478 e. The number of nitrogens with zero attached hydrogens (tertiary/aromatic N) is 1. The largest absolute Gasteiger partial charge is 0.478 e. The molecule has 1 amide bonds. The van der Waals surface area contributed by atoms with E-state index >= 15 is 0 Å². The fourth-order valence-electron chi connectivity index (χ4n) is 2.35. The average molecular weight is 278 g/mol. The van der Waals surface area contributed by atoms with Crippen molar-refractivity contribution >= 4 is 17.6 Å². The van der Waals surface area contributed by atoms with E-state index in [1.54, 1.807) is 0 Å². The number of nitro benzene ring substituents is 1. The molecule has 0 aromatic heterocycles. The van der Waals surface area contributed by atoms with Crippen molar-refractivity contribution in [2.24, 2.45) is 0 Å². The molecule has 0 atom stereocenters. The molecule has 0 aliphatic heterocycles. The number of benzene rings is 1. The summed E-state index contributed by atoms with van der Waals surface area (Å²) in [6.07, 6.45) is 3.74. The first-order valence-corrected chi connectivity index (χ1v) is 6.31.